The van der Waals surface area contributed by atoms with E-state index in [1.807, 2.05) is 11.7 Å². The standard InChI is InChI=1S/C17H23N3O/c1-4-9-18-16(17-15(21-3)11-19-20(17)2)14-10-12-7-5-6-8-13(12)14/h5-8,11,14,16,18H,4,9-10H2,1-3H3. The first-order valence-corrected chi connectivity index (χ1v) is 7.63. The first-order chi connectivity index (χ1) is 10.3. The number of nitrogens with zero attached hydrogens (tertiary/aromatic N) is 2. The van der Waals surface area contributed by atoms with Gasteiger partial charge in [0.25, 0.3) is 0 Å². The third kappa shape index (κ3) is 2.44. The number of ether oxygens (including phenoxy) is 1. The summed E-state index contributed by atoms with van der Waals surface area (Å²) in [4.78, 5) is 0. The summed E-state index contributed by atoms with van der Waals surface area (Å²) in [5.41, 5.74) is 4.06. The molecule has 2 aromatic rings. The molecule has 0 saturated heterocycles. The Balaban J connectivity index is 1.94. The summed E-state index contributed by atoms with van der Waals surface area (Å²) in [6, 6.07) is 8.97. The Morgan fingerprint density at radius 2 is 2.24 bits per heavy atom. The fourth-order valence-corrected chi connectivity index (χ4v) is 3.26. The van der Waals surface area contributed by atoms with Gasteiger partial charge in [0.05, 0.1) is 25.0 Å². The number of benzene rings is 1. The summed E-state index contributed by atoms with van der Waals surface area (Å²) in [5, 5.41) is 8.05. The van der Waals surface area contributed by atoms with Gasteiger partial charge in [-0.15, -0.1) is 0 Å². The second-order valence-corrected chi connectivity index (χ2v) is 5.66. The normalized spacial score (nSPS) is 18.0. The molecule has 0 spiro atoms. The monoisotopic (exact) mass is 285 g/mol. The number of nitrogens with one attached hydrogen (secondary N) is 1. The van der Waals surface area contributed by atoms with Crippen LogP contribution in [0.25, 0.3) is 0 Å². The number of hydrogen-bond donors (Lipinski definition) is 1. The molecular weight excluding hydrogens is 262 g/mol. The summed E-state index contributed by atoms with van der Waals surface area (Å²) in [6.45, 7) is 3.19. The lowest BCUT2D eigenvalue weighted by atomic mass is 9.72. The van der Waals surface area contributed by atoms with E-state index in [1.165, 1.54) is 11.1 Å². The average molecular weight is 285 g/mol. The van der Waals surface area contributed by atoms with Crippen LogP contribution in [0.5, 0.6) is 5.75 Å². The largest absolute Gasteiger partial charge is 0.493 e. The number of aryl methyl sites for hydroxylation is 1. The van der Waals surface area contributed by atoms with E-state index in [0.717, 1.165) is 30.8 Å². The van der Waals surface area contributed by atoms with E-state index in [9.17, 15) is 0 Å². The lowest BCUT2D eigenvalue weighted by Gasteiger charge is -2.37. The second kappa shape index (κ2) is 5.90. The maximum absolute atomic E-state index is 5.51. The van der Waals surface area contributed by atoms with Crippen molar-refractivity contribution in [3.63, 3.8) is 0 Å². The highest BCUT2D eigenvalue weighted by atomic mass is 16.5. The van der Waals surface area contributed by atoms with Crippen molar-refractivity contribution >= 4 is 0 Å². The SMILES string of the molecule is CCCNC(c1c(OC)cnn1C)C1Cc2ccccc21. The fourth-order valence-electron chi connectivity index (χ4n) is 3.26. The summed E-state index contributed by atoms with van der Waals surface area (Å²) >= 11 is 0. The Hall–Kier alpha value is -1.81. The zero-order valence-electron chi connectivity index (χ0n) is 13.0. The Morgan fingerprint density at radius 3 is 2.95 bits per heavy atom. The maximum atomic E-state index is 5.51. The molecule has 0 aliphatic heterocycles. The number of aromatic nitrogens is 2. The maximum Gasteiger partial charge on any atom is 0.161 e. The molecule has 2 unspecified atom stereocenters. The third-order valence-corrected chi connectivity index (χ3v) is 4.37. The zero-order chi connectivity index (χ0) is 14.8. The smallest absolute Gasteiger partial charge is 0.161 e. The second-order valence-electron chi connectivity index (χ2n) is 5.66. The van der Waals surface area contributed by atoms with Gasteiger partial charge in [0.15, 0.2) is 5.75 Å². The van der Waals surface area contributed by atoms with Crippen molar-refractivity contribution in [1.29, 1.82) is 0 Å². The van der Waals surface area contributed by atoms with Crippen molar-refractivity contribution in [2.45, 2.75) is 31.7 Å². The Morgan fingerprint density at radius 1 is 1.43 bits per heavy atom. The van der Waals surface area contributed by atoms with Crippen molar-refractivity contribution in [2.24, 2.45) is 7.05 Å². The highest BCUT2D eigenvalue weighted by molar-refractivity contribution is 5.44. The quantitative estimate of drug-likeness (QED) is 0.887. The topological polar surface area (TPSA) is 39.1 Å². The molecule has 2 atom stereocenters. The van der Waals surface area contributed by atoms with Crippen LogP contribution in [-0.4, -0.2) is 23.4 Å². The summed E-state index contributed by atoms with van der Waals surface area (Å²) in [6.07, 6.45) is 4.04. The highest BCUT2D eigenvalue weighted by Gasteiger charge is 2.36. The minimum absolute atomic E-state index is 0.252. The van der Waals surface area contributed by atoms with E-state index < -0.39 is 0 Å². The molecule has 1 aromatic heterocycles. The summed E-state index contributed by atoms with van der Waals surface area (Å²) in [5.74, 6) is 1.37. The van der Waals surface area contributed by atoms with Crippen molar-refractivity contribution in [2.75, 3.05) is 13.7 Å². The van der Waals surface area contributed by atoms with Gasteiger partial charge in [-0.05, 0) is 30.5 Å². The van der Waals surface area contributed by atoms with E-state index in [2.05, 4.69) is 41.6 Å². The number of hydrogen-bond acceptors (Lipinski definition) is 3. The van der Waals surface area contributed by atoms with Crippen LogP contribution in [0.4, 0.5) is 0 Å². The van der Waals surface area contributed by atoms with Crippen LogP contribution in [0.15, 0.2) is 30.5 Å². The summed E-state index contributed by atoms with van der Waals surface area (Å²) < 4.78 is 7.45. The minimum Gasteiger partial charge on any atom is -0.493 e. The van der Waals surface area contributed by atoms with Crippen LogP contribution >= 0.6 is 0 Å². The number of methoxy groups -OCH3 is 1. The van der Waals surface area contributed by atoms with Crippen molar-refractivity contribution < 1.29 is 4.74 Å². The van der Waals surface area contributed by atoms with Crippen LogP contribution in [0, 0.1) is 0 Å². The van der Waals surface area contributed by atoms with Gasteiger partial charge in [-0.1, -0.05) is 31.2 Å². The van der Waals surface area contributed by atoms with Gasteiger partial charge in [-0.25, -0.2) is 0 Å². The molecule has 1 aliphatic carbocycles. The van der Waals surface area contributed by atoms with Crippen LogP contribution in [0.3, 0.4) is 0 Å². The van der Waals surface area contributed by atoms with Gasteiger partial charge in [-0.3, -0.25) is 4.68 Å². The third-order valence-electron chi connectivity index (χ3n) is 4.37. The van der Waals surface area contributed by atoms with E-state index in [0.29, 0.717) is 5.92 Å². The highest BCUT2D eigenvalue weighted by Crippen LogP contribution is 2.45. The van der Waals surface area contributed by atoms with Crippen LogP contribution in [-0.2, 0) is 13.5 Å². The minimum atomic E-state index is 0.252. The Kier molecular flexibility index (Phi) is 3.97. The van der Waals surface area contributed by atoms with Gasteiger partial charge >= 0.3 is 0 Å². The van der Waals surface area contributed by atoms with Gasteiger partial charge in [-0.2, -0.15) is 5.10 Å². The van der Waals surface area contributed by atoms with E-state index >= 15 is 0 Å². The molecule has 0 amide bonds. The molecule has 3 rings (SSSR count). The fraction of sp³-hybridized carbons (Fsp3) is 0.471. The van der Waals surface area contributed by atoms with Crippen LogP contribution in [0.1, 0.15) is 42.1 Å². The van der Waals surface area contributed by atoms with Gasteiger partial charge < -0.3 is 10.1 Å². The molecule has 4 nitrogen and oxygen atoms in total. The van der Waals surface area contributed by atoms with Crippen LogP contribution in [0.2, 0.25) is 0 Å². The van der Waals surface area contributed by atoms with Crippen molar-refractivity contribution in [3.8, 4) is 5.75 Å². The Labute approximate surface area is 126 Å². The molecule has 0 radical (unpaired) electrons. The molecule has 1 heterocycles. The van der Waals surface area contributed by atoms with Crippen molar-refractivity contribution in [1.82, 2.24) is 15.1 Å². The molecule has 1 aromatic carbocycles. The lowest BCUT2D eigenvalue weighted by molar-refractivity contribution is 0.359. The predicted molar refractivity (Wildman–Crippen MR) is 83.7 cm³/mol. The predicted octanol–water partition coefficient (Wildman–Crippen LogP) is 2.81. The van der Waals surface area contributed by atoms with E-state index in [1.54, 1.807) is 13.3 Å². The molecule has 0 bridgehead atoms. The molecule has 0 saturated carbocycles. The van der Waals surface area contributed by atoms with Crippen molar-refractivity contribution in [3.05, 3.63) is 47.3 Å². The van der Waals surface area contributed by atoms with E-state index in [-0.39, 0.29) is 6.04 Å². The molecular formula is C17H23N3O. The van der Waals surface area contributed by atoms with E-state index in [4.69, 9.17) is 4.74 Å². The number of fused-ring (bicyclic) bond motifs is 1. The average Bonchev–Trinajstić information content (AvgIpc) is 2.85. The first-order valence-electron chi connectivity index (χ1n) is 7.63. The molecule has 0 fully saturated rings. The molecule has 4 heteroatoms. The molecule has 21 heavy (non-hydrogen) atoms. The van der Waals surface area contributed by atoms with Crippen LogP contribution < -0.4 is 10.1 Å². The summed E-state index contributed by atoms with van der Waals surface area (Å²) in [7, 11) is 3.70. The van der Waals surface area contributed by atoms with Gasteiger partial charge in [0, 0.05) is 13.0 Å². The molecule has 1 N–H and O–H groups in total. The Bertz CT molecular complexity index is 620. The first kappa shape index (κ1) is 14.1. The molecule has 112 valence electrons. The molecule has 1 aliphatic rings. The van der Waals surface area contributed by atoms with Gasteiger partial charge in [0.2, 0.25) is 0 Å². The number of rotatable bonds is 6. The lowest BCUT2D eigenvalue weighted by Crippen LogP contribution is -2.35. The van der Waals surface area contributed by atoms with Gasteiger partial charge in [0.1, 0.15) is 0 Å². The zero-order valence-corrected chi connectivity index (χ0v) is 13.0.